The van der Waals surface area contributed by atoms with E-state index in [4.69, 9.17) is 9.84 Å². The Kier molecular flexibility index (Phi) is 3.74. The summed E-state index contributed by atoms with van der Waals surface area (Å²) in [6, 6.07) is 4.30. The number of aliphatic carboxylic acids is 1. The standard InChI is InChI=1S/C13H15FO3/c14-10-4-5-11(9(7-10)8-13(15)16)12-3-1-2-6-17-12/h4-5,7,12H,1-3,6,8H2,(H,15,16). The molecule has 1 fully saturated rings. The zero-order valence-electron chi connectivity index (χ0n) is 9.49. The molecule has 92 valence electrons. The SMILES string of the molecule is O=C(O)Cc1cc(F)ccc1C1CCCCO1. The molecule has 0 saturated carbocycles. The van der Waals surface area contributed by atoms with Crippen molar-refractivity contribution in [3.05, 3.63) is 35.1 Å². The van der Waals surface area contributed by atoms with Crippen molar-refractivity contribution in [1.82, 2.24) is 0 Å². The van der Waals surface area contributed by atoms with Gasteiger partial charge in [0.2, 0.25) is 0 Å². The lowest BCUT2D eigenvalue weighted by molar-refractivity contribution is -0.136. The molecule has 3 nitrogen and oxygen atoms in total. The molecule has 1 aliphatic heterocycles. The van der Waals surface area contributed by atoms with Gasteiger partial charge in [-0.05, 0) is 42.5 Å². The first-order valence-corrected chi connectivity index (χ1v) is 5.78. The third-order valence-corrected chi connectivity index (χ3v) is 2.97. The summed E-state index contributed by atoms with van der Waals surface area (Å²) in [7, 11) is 0. The molecule has 0 aromatic heterocycles. The van der Waals surface area contributed by atoms with Crippen LogP contribution in [-0.2, 0) is 16.0 Å². The molecule has 1 unspecified atom stereocenters. The van der Waals surface area contributed by atoms with Crippen LogP contribution >= 0.6 is 0 Å². The summed E-state index contributed by atoms with van der Waals surface area (Å²) in [6.07, 6.45) is 2.73. The van der Waals surface area contributed by atoms with Crippen molar-refractivity contribution in [2.75, 3.05) is 6.61 Å². The number of rotatable bonds is 3. The number of benzene rings is 1. The Balaban J connectivity index is 2.27. The van der Waals surface area contributed by atoms with Crippen molar-refractivity contribution in [3.63, 3.8) is 0 Å². The Hall–Kier alpha value is -1.42. The van der Waals surface area contributed by atoms with Gasteiger partial charge in [0.15, 0.2) is 0 Å². The van der Waals surface area contributed by atoms with Crippen LogP contribution in [-0.4, -0.2) is 17.7 Å². The van der Waals surface area contributed by atoms with Crippen LogP contribution in [0.25, 0.3) is 0 Å². The van der Waals surface area contributed by atoms with Crippen LogP contribution in [0.15, 0.2) is 18.2 Å². The predicted molar refractivity (Wildman–Crippen MR) is 60.3 cm³/mol. The summed E-state index contributed by atoms with van der Waals surface area (Å²) in [6.45, 7) is 0.689. The summed E-state index contributed by atoms with van der Waals surface area (Å²) >= 11 is 0. The zero-order chi connectivity index (χ0) is 12.3. The maximum atomic E-state index is 13.1. The van der Waals surface area contributed by atoms with Gasteiger partial charge in [0.25, 0.3) is 0 Å². The summed E-state index contributed by atoms with van der Waals surface area (Å²) in [5, 5.41) is 8.82. The lowest BCUT2D eigenvalue weighted by atomic mass is 9.95. The van der Waals surface area contributed by atoms with Crippen molar-refractivity contribution in [3.8, 4) is 0 Å². The van der Waals surface area contributed by atoms with Crippen molar-refractivity contribution in [1.29, 1.82) is 0 Å². The molecule has 1 heterocycles. The van der Waals surface area contributed by atoms with E-state index in [0.717, 1.165) is 24.8 Å². The highest BCUT2D eigenvalue weighted by molar-refractivity contribution is 5.70. The van der Waals surface area contributed by atoms with Crippen LogP contribution in [0.3, 0.4) is 0 Å². The smallest absolute Gasteiger partial charge is 0.307 e. The second-order valence-corrected chi connectivity index (χ2v) is 4.27. The van der Waals surface area contributed by atoms with Crippen LogP contribution in [0.4, 0.5) is 4.39 Å². The maximum Gasteiger partial charge on any atom is 0.307 e. The van der Waals surface area contributed by atoms with E-state index in [0.29, 0.717) is 12.2 Å². The molecule has 1 atom stereocenters. The molecule has 4 heteroatoms. The normalized spacial score (nSPS) is 20.2. The molecule has 0 bridgehead atoms. The van der Waals surface area contributed by atoms with Crippen molar-refractivity contribution in [2.45, 2.75) is 31.8 Å². The summed E-state index contributed by atoms with van der Waals surface area (Å²) in [5.41, 5.74) is 1.33. The summed E-state index contributed by atoms with van der Waals surface area (Å²) < 4.78 is 18.7. The van der Waals surface area contributed by atoms with E-state index in [9.17, 15) is 9.18 Å². The maximum absolute atomic E-state index is 13.1. The van der Waals surface area contributed by atoms with Crippen molar-refractivity contribution >= 4 is 5.97 Å². The Labute approximate surface area is 99.2 Å². The second kappa shape index (κ2) is 5.27. The van der Waals surface area contributed by atoms with Gasteiger partial charge < -0.3 is 9.84 Å². The van der Waals surface area contributed by atoms with Crippen molar-refractivity contribution in [2.24, 2.45) is 0 Å². The number of hydrogen-bond acceptors (Lipinski definition) is 2. The van der Waals surface area contributed by atoms with Gasteiger partial charge in [0, 0.05) is 6.61 Å². The molecule has 17 heavy (non-hydrogen) atoms. The molecular weight excluding hydrogens is 223 g/mol. The van der Waals surface area contributed by atoms with Gasteiger partial charge in [-0.2, -0.15) is 0 Å². The zero-order valence-corrected chi connectivity index (χ0v) is 9.49. The van der Waals surface area contributed by atoms with Gasteiger partial charge >= 0.3 is 5.97 Å². The first-order chi connectivity index (χ1) is 8.16. The third kappa shape index (κ3) is 3.03. The number of halogens is 1. The highest BCUT2D eigenvalue weighted by atomic mass is 19.1. The van der Waals surface area contributed by atoms with E-state index in [1.165, 1.54) is 12.1 Å². The number of carboxylic acid groups (broad SMARTS) is 1. The first kappa shape index (κ1) is 12.0. The average Bonchev–Trinajstić information content (AvgIpc) is 2.29. The fourth-order valence-electron chi connectivity index (χ4n) is 2.19. The monoisotopic (exact) mass is 238 g/mol. The molecule has 0 aliphatic carbocycles. The highest BCUT2D eigenvalue weighted by Crippen LogP contribution is 2.30. The summed E-state index contributed by atoms with van der Waals surface area (Å²) in [4.78, 5) is 10.8. The highest BCUT2D eigenvalue weighted by Gasteiger charge is 2.20. The molecule has 1 aromatic carbocycles. The first-order valence-electron chi connectivity index (χ1n) is 5.78. The number of carboxylic acids is 1. The molecule has 1 N–H and O–H groups in total. The predicted octanol–water partition coefficient (Wildman–Crippen LogP) is 2.69. The fourth-order valence-corrected chi connectivity index (χ4v) is 2.19. The minimum atomic E-state index is -0.951. The van der Waals surface area contributed by atoms with E-state index < -0.39 is 11.8 Å². The van der Waals surface area contributed by atoms with Crippen LogP contribution in [0.1, 0.15) is 36.5 Å². The van der Waals surface area contributed by atoms with Gasteiger partial charge in [-0.25, -0.2) is 4.39 Å². The number of hydrogen-bond donors (Lipinski definition) is 1. The second-order valence-electron chi connectivity index (χ2n) is 4.27. The average molecular weight is 238 g/mol. The Morgan fingerprint density at radius 2 is 2.29 bits per heavy atom. The van der Waals surface area contributed by atoms with E-state index in [1.54, 1.807) is 6.07 Å². The largest absolute Gasteiger partial charge is 0.481 e. The van der Waals surface area contributed by atoms with E-state index in [1.807, 2.05) is 0 Å². The van der Waals surface area contributed by atoms with Gasteiger partial charge in [0.05, 0.1) is 12.5 Å². The van der Waals surface area contributed by atoms with Gasteiger partial charge in [-0.3, -0.25) is 4.79 Å². The Morgan fingerprint density at radius 3 is 2.94 bits per heavy atom. The van der Waals surface area contributed by atoms with E-state index in [-0.39, 0.29) is 12.5 Å². The number of ether oxygens (including phenoxy) is 1. The Morgan fingerprint density at radius 1 is 1.47 bits per heavy atom. The lowest BCUT2D eigenvalue weighted by Gasteiger charge is -2.24. The molecular formula is C13H15FO3. The molecule has 1 aliphatic rings. The minimum absolute atomic E-state index is 0.0845. The number of carbonyl (C=O) groups is 1. The fraction of sp³-hybridized carbons (Fsp3) is 0.462. The molecule has 0 radical (unpaired) electrons. The molecule has 1 aromatic rings. The van der Waals surface area contributed by atoms with Gasteiger partial charge in [-0.1, -0.05) is 6.07 Å². The van der Waals surface area contributed by atoms with E-state index >= 15 is 0 Å². The molecule has 0 spiro atoms. The summed E-state index contributed by atoms with van der Waals surface area (Å²) in [5.74, 6) is -1.35. The van der Waals surface area contributed by atoms with E-state index in [2.05, 4.69) is 0 Å². The topological polar surface area (TPSA) is 46.5 Å². The van der Waals surface area contributed by atoms with Gasteiger partial charge in [0.1, 0.15) is 5.82 Å². The Bertz CT molecular complexity index is 411. The molecule has 2 rings (SSSR count). The van der Waals surface area contributed by atoms with Crippen LogP contribution in [0.5, 0.6) is 0 Å². The minimum Gasteiger partial charge on any atom is -0.481 e. The quantitative estimate of drug-likeness (QED) is 0.880. The molecule has 1 saturated heterocycles. The lowest BCUT2D eigenvalue weighted by Crippen LogP contribution is -2.15. The van der Waals surface area contributed by atoms with Crippen LogP contribution < -0.4 is 0 Å². The molecule has 0 amide bonds. The van der Waals surface area contributed by atoms with Crippen LogP contribution in [0.2, 0.25) is 0 Å². The van der Waals surface area contributed by atoms with Crippen molar-refractivity contribution < 1.29 is 19.0 Å². The van der Waals surface area contributed by atoms with Gasteiger partial charge in [-0.15, -0.1) is 0 Å². The third-order valence-electron chi connectivity index (χ3n) is 2.97. The van der Waals surface area contributed by atoms with Crippen LogP contribution in [0, 0.1) is 5.82 Å².